The van der Waals surface area contributed by atoms with Crippen LogP contribution in [0.1, 0.15) is 22.3 Å². The third-order valence-corrected chi connectivity index (χ3v) is 4.41. The van der Waals surface area contributed by atoms with Crippen LogP contribution in [0.5, 0.6) is 0 Å². The number of amides is 1. The number of carbonyl (C=O) groups excluding carboxylic acids is 2. The van der Waals surface area contributed by atoms with E-state index >= 15 is 0 Å². The van der Waals surface area contributed by atoms with Crippen molar-refractivity contribution in [3.05, 3.63) is 45.4 Å². The van der Waals surface area contributed by atoms with Gasteiger partial charge in [-0.1, -0.05) is 23.5 Å². The molecule has 0 aliphatic carbocycles. The molecule has 0 unspecified atom stereocenters. The van der Waals surface area contributed by atoms with E-state index < -0.39 is 11.7 Å². The van der Waals surface area contributed by atoms with Gasteiger partial charge < -0.3 is 9.73 Å². The highest BCUT2D eigenvalue weighted by Crippen LogP contribution is 2.23. The normalized spacial score (nSPS) is 10.9. The number of para-hydroxylation sites is 2. The number of aryl methyl sites for hydroxylation is 1. The van der Waals surface area contributed by atoms with Crippen molar-refractivity contribution in [2.75, 3.05) is 5.32 Å². The quantitative estimate of drug-likeness (QED) is 0.740. The van der Waals surface area contributed by atoms with E-state index in [1.165, 1.54) is 11.5 Å². The molecule has 3 aromatic rings. The number of hydrogen-bond acceptors (Lipinski definition) is 6. The summed E-state index contributed by atoms with van der Waals surface area (Å²) in [5, 5.41) is 2.94. The summed E-state index contributed by atoms with van der Waals surface area (Å²) in [4.78, 5) is 40.0. The summed E-state index contributed by atoms with van der Waals surface area (Å²) >= 11 is 1.11. The Bertz CT molecular complexity index is 967. The van der Waals surface area contributed by atoms with Crippen LogP contribution in [0.2, 0.25) is 0 Å². The fourth-order valence-corrected chi connectivity index (χ4v) is 3.12. The van der Waals surface area contributed by atoms with Crippen molar-refractivity contribution in [1.82, 2.24) is 9.55 Å². The van der Waals surface area contributed by atoms with E-state index in [2.05, 4.69) is 10.3 Å². The highest BCUT2D eigenvalue weighted by Gasteiger charge is 2.16. The number of oxazole rings is 1. The first-order valence-corrected chi connectivity index (χ1v) is 7.64. The molecule has 1 aromatic carbocycles. The zero-order valence-electron chi connectivity index (χ0n) is 12.5. The van der Waals surface area contributed by atoms with Crippen molar-refractivity contribution in [3.63, 3.8) is 0 Å². The maximum Gasteiger partial charge on any atom is 0.420 e. The summed E-state index contributed by atoms with van der Waals surface area (Å²) in [6.45, 7) is 2.96. The molecule has 2 heterocycles. The second-order valence-corrected chi connectivity index (χ2v) is 5.96. The summed E-state index contributed by atoms with van der Waals surface area (Å²) in [7, 11) is 0. The summed E-state index contributed by atoms with van der Waals surface area (Å²) in [5.74, 6) is -1.11. The average molecular weight is 331 g/mol. The van der Waals surface area contributed by atoms with Crippen LogP contribution in [0, 0.1) is 6.92 Å². The molecule has 0 atom stereocenters. The number of thiazole rings is 1. The van der Waals surface area contributed by atoms with Gasteiger partial charge in [0.1, 0.15) is 6.54 Å². The number of fused-ring (bicyclic) bond motifs is 1. The lowest BCUT2D eigenvalue weighted by Crippen LogP contribution is -2.24. The van der Waals surface area contributed by atoms with Crippen molar-refractivity contribution in [2.24, 2.45) is 0 Å². The topological polar surface area (TPSA) is 94.2 Å². The van der Waals surface area contributed by atoms with Crippen LogP contribution in [-0.4, -0.2) is 21.2 Å². The maximum atomic E-state index is 12.1. The van der Waals surface area contributed by atoms with Gasteiger partial charge in [-0.25, -0.2) is 9.78 Å². The van der Waals surface area contributed by atoms with Crippen LogP contribution < -0.4 is 11.1 Å². The van der Waals surface area contributed by atoms with Crippen LogP contribution >= 0.6 is 11.3 Å². The largest absolute Gasteiger partial charge is 0.420 e. The van der Waals surface area contributed by atoms with Crippen LogP contribution in [0.25, 0.3) is 11.1 Å². The van der Waals surface area contributed by atoms with Gasteiger partial charge in [-0.2, -0.15) is 0 Å². The lowest BCUT2D eigenvalue weighted by Gasteiger charge is -2.02. The van der Waals surface area contributed by atoms with Gasteiger partial charge in [0.05, 0.1) is 16.1 Å². The Morgan fingerprint density at radius 1 is 1.35 bits per heavy atom. The molecule has 7 nitrogen and oxygen atoms in total. The van der Waals surface area contributed by atoms with Gasteiger partial charge in [0.15, 0.2) is 16.5 Å². The molecule has 23 heavy (non-hydrogen) atoms. The standard InChI is InChI=1S/C15H13N3O4S/c1-8-13(9(2)19)23-14(16-8)17-12(20)7-18-10-5-3-4-6-11(10)22-15(18)21/h3-6H,7H2,1-2H3,(H,16,17,20). The number of carbonyl (C=O) groups is 2. The van der Waals surface area contributed by atoms with Crippen molar-refractivity contribution in [1.29, 1.82) is 0 Å². The van der Waals surface area contributed by atoms with Crippen molar-refractivity contribution in [2.45, 2.75) is 20.4 Å². The first-order valence-electron chi connectivity index (χ1n) is 6.82. The molecule has 0 aliphatic rings. The smallest absolute Gasteiger partial charge is 0.408 e. The second kappa shape index (κ2) is 5.81. The summed E-state index contributed by atoms with van der Waals surface area (Å²) in [5.41, 5.74) is 1.55. The van der Waals surface area contributed by atoms with Gasteiger partial charge >= 0.3 is 5.76 Å². The second-order valence-electron chi connectivity index (χ2n) is 4.96. The molecule has 0 saturated heterocycles. The number of benzene rings is 1. The fourth-order valence-electron chi connectivity index (χ4n) is 2.24. The zero-order valence-corrected chi connectivity index (χ0v) is 13.3. The molecule has 0 aliphatic heterocycles. The highest BCUT2D eigenvalue weighted by atomic mass is 32.1. The summed E-state index contributed by atoms with van der Waals surface area (Å²) in [6.07, 6.45) is 0. The minimum atomic E-state index is -0.596. The predicted molar refractivity (Wildman–Crippen MR) is 86.0 cm³/mol. The van der Waals surface area contributed by atoms with E-state index in [1.807, 2.05) is 0 Å². The van der Waals surface area contributed by atoms with E-state index in [-0.39, 0.29) is 12.3 Å². The molecular formula is C15H13N3O4S. The number of hydrogen-bond donors (Lipinski definition) is 1. The number of nitrogens with zero attached hydrogens (tertiary/aromatic N) is 2. The molecule has 0 spiro atoms. The average Bonchev–Trinajstić information content (AvgIpc) is 3.00. The fraction of sp³-hybridized carbons (Fsp3) is 0.200. The molecule has 0 radical (unpaired) electrons. The van der Waals surface area contributed by atoms with E-state index in [4.69, 9.17) is 4.42 Å². The third-order valence-electron chi connectivity index (χ3n) is 3.24. The van der Waals surface area contributed by atoms with Crippen molar-refractivity contribution >= 4 is 39.3 Å². The minimum absolute atomic E-state index is 0.0995. The highest BCUT2D eigenvalue weighted by molar-refractivity contribution is 7.17. The lowest BCUT2D eigenvalue weighted by molar-refractivity contribution is -0.116. The van der Waals surface area contributed by atoms with Gasteiger partial charge in [0.2, 0.25) is 5.91 Å². The molecule has 1 N–H and O–H groups in total. The van der Waals surface area contributed by atoms with E-state index in [0.29, 0.717) is 26.8 Å². The third kappa shape index (κ3) is 2.93. The van der Waals surface area contributed by atoms with E-state index in [1.54, 1.807) is 31.2 Å². The molecule has 0 bridgehead atoms. The molecule has 2 aromatic heterocycles. The Labute approximate surface area is 134 Å². The Morgan fingerprint density at radius 3 is 2.78 bits per heavy atom. The van der Waals surface area contributed by atoms with Gasteiger partial charge in [-0.15, -0.1) is 0 Å². The first kappa shape index (κ1) is 15.2. The van der Waals surface area contributed by atoms with Gasteiger partial charge in [-0.05, 0) is 19.1 Å². The number of nitrogens with one attached hydrogen (secondary N) is 1. The van der Waals surface area contributed by atoms with Gasteiger partial charge in [-0.3, -0.25) is 14.2 Å². The molecule has 1 amide bonds. The molecule has 3 rings (SSSR count). The molecule has 118 valence electrons. The first-order chi connectivity index (χ1) is 11.0. The number of ketones is 1. The summed E-state index contributed by atoms with van der Waals surface area (Å²) in [6, 6.07) is 6.87. The van der Waals surface area contributed by atoms with E-state index in [9.17, 15) is 14.4 Å². The molecular weight excluding hydrogens is 318 g/mol. The Kier molecular flexibility index (Phi) is 3.83. The molecule has 0 saturated carbocycles. The Balaban J connectivity index is 1.82. The lowest BCUT2D eigenvalue weighted by atomic mass is 10.3. The maximum absolute atomic E-state index is 12.1. The van der Waals surface area contributed by atoms with Gasteiger partial charge in [0.25, 0.3) is 0 Å². The molecule has 8 heteroatoms. The zero-order chi connectivity index (χ0) is 16.6. The van der Waals surface area contributed by atoms with Gasteiger partial charge in [0, 0.05) is 6.92 Å². The predicted octanol–water partition coefficient (Wildman–Crippen LogP) is 2.20. The number of aromatic nitrogens is 2. The monoisotopic (exact) mass is 331 g/mol. The van der Waals surface area contributed by atoms with Crippen LogP contribution in [0.4, 0.5) is 5.13 Å². The Morgan fingerprint density at radius 2 is 2.09 bits per heavy atom. The SMILES string of the molecule is CC(=O)c1sc(NC(=O)Cn2c(=O)oc3ccccc32)nc1C. The van der Waals surface area contributed by atoms with Crippen molar-refractivity contribution < 1.29 is 14.0 Å². The summed E-state index contributed by atoms with van der Waals surface area (Å²) < 4.78 is 6.32. The Hall–Kier alpha value is -2.74. The minimum Gasteiger partial charge on any atom is -0.408 e. The van der Waals surface area contributed by atoms with Crippen LogP contribution in [-0.2, 0) is 11.3 Å². The van der Waals surface area contributed by atoms with Crippen LogP contribution in [0.15, 0.2) is 33.5 Å². The number of anilines is 1. The van der Waals surface area contributed by atoms with Crippen molar-refractivity contribution in [3.8, 4) is 0 Å². The van der Waals surface area contributed by atoms with Crippen LogP contribution in [0.3, 0.4) is 0 Å². The van der Waals surface area contributed by atoms with E-state index in [0.717, 1.165) is 11.3 Å². The molecule has 0 fully saturated rings. The number of rotatable bonds is 4. The number of Topliss-reactive ketones (excluding diaryl/α,β-unsaturated/α-hetero) is 1.